The number of fused-ring (bicyclic) bond motifs is 2. The lowest BCUT2D eigenvalue weighted by Crippen LogP contribution is -2.03. The number of anilines is 1. The van der Waals surface area contributed by atoms with Gasteiger partial charge in [0, 0.05) is 16.8 Å². The topological polar surface area (TPSA) is 42.2 Å². The van der Waals surface area contributed by atoms with E-state index in [1.54, 1.807) is 22.7 Å². The molecule has 0 radical (unpaired) electrons. The van der Waals surface area contributed by atoms with E-state index in [1.807, 2.05) is 5.51 Å². The molecule has 0 unspecified atom stereocenters. The van der Waals surface area contributed by atoms with Crippen LogP contribution in [0.15, 0.2) is 29.9 Å². The van der Waals surface area contributed by atoms with Gasteiger partial charge in [0.25, 0.3) is 0 Å². The summed E-state index contributed by atoms with van der Waals surface area (Å²) < 4.78 is 3.40. The van der Waals surface area contributed by atoms with Crippen molar-refractivity contribution < 1.29 is 0 Å². The van der Waals surface area contributed by atoms with Crippen LogP contribution in [0.5, 0.6) is 0 Å². The highest BCUT2D eigenvalue weighted by atomic mass is 32.1. The van der Waals surface area contributed by atoms with Gasteiger partial charge in [-0.15, -0.1) is 22.7 Å². The van der Waals surface area contributed by atoms with Gasteiger partial charge in [0.2, 0.25) is 0 Å². The molecular formula is C15H14N4S2. The van der Waals surface area contributed by atoms with Gasteiger partial charge >= 0.3 is 0 Å². The zero-order valence-electron chi connectivity index (χ0n) is 11.8. The average Bonchev–Trinajstić information content (AvgIpc) is 3.11. The Morgan fingerprint density at radius 1 is 1.29 bits per heavy atom. The highest BCUT2D eigenvalue weighted by molar-refractivity contribution is 7.17. The van der Waals surface area contributed by atoms with Crippen LogP contribution in [0, 0.1) is 13.8 Å². The number of hydrogen-bond donors (Lipinski definition) is 1. The predicted octanol–water partition coefficient (Wildman–Crippen LogP) is 4.23. The Morgan fingerprint density at radius 3 is 3.10 bits per heavy atom. The molecule has 0 aliphatic heterocycles. The highest BCUT2D eigenvalue weighted by Crippen LogP contribution is 2.24. The third-order valence-corrected chi connectivity index (χ3v) is 5.22. The zero-order chi connectivity index (χ0) is 14.4. The van der Waals surface area contributed by atoms with Crippen LogP contribution < -0.4 is 5.32 Å². The van der Waals surface area contributed by atoms with Crippen LogP contribution in [0.4, 0.5) is 5.69 Å². The molecule has 4 nitrogen and oxygen atoms in total. The largest absolute Gasteiger partial charge is 0.379 e. The Labute approximate surface area is 130 Å². The minimum atomic E-state index is 0.771. The van der Waals surface area contributed by atoms with Gasteiger partial charge in [-0.2, -0.15) is 0 Å². The Balaban J connectivity index is 1.63. The zero-order valence-corrected chi connectivity index (χ0v) is 13.4. The van der Waals surface area contributed by atoms with Crippen molar-refractivity contribution in [1.82, 2.24) is 14.4 Å². The fourth-order valence-electron chi connectivity index (χ4n) is 2.47. The molecule has 0 bridgehead atoms. The molecule has 0 saturated heterocycles. The maximum absolute atomic E-state index is 4.62. The predicted molar refractivity (Wildman–Crippen MR) is 89.5 cm³/mol. The molecule has 6 heteroatoms. The normalized spacial score (nSPS) is 11.5. The summed E-state index contributed by atoms with van der Waals surface area (Å²) in [6, 6.07) is 6.29. The lowest BCUT2D eigenvalue weighted by molar-refractivity contribution is 0.992. The van der Waals surface area contributed by atoms with E-state index in [1.165, 1.54) is 15.3 Å². The lowest BCUT2D eigenvalue weighted by atomic mass is 10.3. The Morgan fingerprint density at radius 2 is 2.19 bits per heavy atom. The Hall–Kier alpha value is -1.92. The Kier molecular flexibility index (Phi) is 2.94. The fourth-order valence-corrected chi connectivity index (χ4v) is 4.08. The minimum Gasteiger partial charge on any atom is -0.379 e. The lowest BCUT2D eigenvalue weighted by Gasteiger charge is -2.06. The van der Waals surface area contributed by atoms with Gasteiger partial charge in [0.1, 0.15) is 0 Å². The molecule has 4 rings (SSSR count). The van der Waals surface area contributed by atoms with Crippen molar-refractivity contribution >= 4 is 43.5 Å². The molecule has 1 aromatic carbocycles. The molecule has 0 saturated carbocycles. The summed E-state index contributed by atoms with van der Waals surface area (Å²) in [7, 11) is 0. The number of benzene rings is 1. The number of thiazole rings is 2. The summed E-state index contributed by atoms with van der Waals surface area (Å²) in [6.45, 7) is 4.95. The van der Waals surface area contributed by atoms with Gasteiger partial charge < -0.3 is 5.32 Å². The van der Waals surface area contributed by atoms with Gasteiger partial charge in [-0.05, 0) is 32.0 Å². The maximum Gasteiger partial charge on any atom is 0.194 e. The molecular weight excluding hydrogens is 300 g/mol. The molecule has 21 heavy (non-hydrogen) atoms. The van der Waals surface area contributed by atoms with Gasteiger partial charge in [0.05, 0.1) is 33.7 Å². The van der Waals surface area contributed by atoms with E-state index in [2.05, 4.69) is 57.9 Å². The number of aryl methyl sites for hydroxylation is 2. The summed E-state index contributed by atoms with van der Waals surface area (Å²) in [4.78, 5) is 11.3. The monoisotopic (exact) mass is 314 g/mol. The van der Waals surface area contributed by atoms with Crippen molar-refractivity contribution in [2.24, 2.45) is 0 Å². The smallest absolute Gasteiger partial charge is 0.194 e. The first kappa shape index (κ1) is 12.8. The Bertz CT molecular complexity index is 932. The SMILES string of the molecule is Cc1cn2c(CNc3ccc4ncsc4c3)c(C)nc2s1. The minimum absolute atomic E-state index is 0.771. The van der Waals surface area contributed by atoms with Crippen molar-refractivity contribution in [3.63, 3.8) is 0 Å². The third kappa shape index (κ3) is 2.20. The molecule has 106 valence electrons. The third-order valence-electron chi connectivity index (χ3n) is 3.53. The number of rotatable bonds is 3. The van der Waals surface area contributed by atoms with E-state index >= 15 is 0 Å². The molecule has 4 aromatic rings. The van der Waals surface area contributed by atoms with E-state index in [9.17, 15) is 0 Å². The molecule has 0 aliphatic carbocycles. The molecule has 3 heterocycles. The van der Waals surface area contributed by atoms with Crippen molar-refractivity contribution in [3.05, 3.63) is 46.2 Å². The number of imidazole rings is 1. The van der Waals surface area contributed by atoms with Crippen LogP contribution in [0.25, 0.3) is 15.2 Å². The summed E-state index contributed by atoms with van der Waals surface area (Å²) in [5, 5.41) is 3.49. The second-order valence-corrected chi connectivity index (χ2v) is 7.13. The van der Waals surface area contributed by atoms with E-state index in [4.69, 9.17) is 0 Å². The van der Waals surface area contributed by atoms with Gasteiger partial charge in [0.15, 0.2) is 4.96 Å². The average molecular weight is 314 g/mol. The fraction of sp³-hybridized carbons (Fsp3) is 0.200. The van der Waals surface area contributed by atoms with Gasteiger partial charge in [-0.25, -0.2) is 9.97 Å². The first-order valence-electron chi connectivity index (χ1n) is 6.72. The summed E-state index contributed by atoms with van der Waals surface area (Å²) >= 11 is 3.40. The summed E-state index contributed by atoms with van der Waals surface area (Å²) in [5.74, 6) is 0. The second-order valence-electron chi connectivity index (χ2n) is 5.03. The van der Waals surface area contributed by atoms with Crippen LogP contribution in [-0.2, 0) is 6.54 Å². The standard InChI is InChI=1S/C15H14N4S2/c1-9-7-19-13(10(2)18-15(19)21-9)6-16-11-3-4-12-14(5-11)20-8-17-12/h3-5,7-8,16H,6H2,1-2H3. The van der Waals surface area contributed by atoms with E-state index in [-0.39, 0.29) is 0 Å². The number of nitrogens with one attached hydrogen (secondary N) is 1. The van der Waals surface area contributed by atoms with Crippen LogP contribution in [0.3, 0.4) is 0 Å². The van der Waals surface area contributed by atoms with Crippen molar-refractivity contribution in [2.75, 3.05) is 5.32 Å². The van der Waals surface area contributed by atoms with E-state index < -0.39 is 0 Å². The molecule has 0 aliphatic rings. The first-order chi connectivity index (χ1) is 10.2. The van der Waals surface area contributed by atoms with E-state index in [0.29, 0.717) is 0 Å². The number of hydrogen-bond acceptors (Lipinski definition) is 5. The second kappa shape index (κ2) is 4.82. The first-order valence-corrected chi connectivity index (χ1v) is 8.41. The summed E-state index contributed by atoms with van der Waals surface area (Å²) in [5.41, 5.74) is 6.37. The maximum atomic E-state index is 4.62. The molecule has 0 spiro atoms. The highest BCUT2D eigenvalue weighted by Gasteiger charge is 2.10. The van der Waals surface area contributed by atoms with Gasteiger partial charge in [-0.1, -0.05) is 0 Å². The molecule has 0 fully saturated rings. The van der Waals surface area contributed by atoms with Crippen LogP contribution in [0.1, 0.15) is 16.3 Å². The van der Waals surface area contributed by atoms with Crippen molar-refractivity contribution in [2.45, 2.75) is 20.4 Å². The van der Waals surface area contributed by atoms with Crippen molar-refractivity contribution in [1.29, 1.82) is 0 Å². The van der Waals surface area contributed by atoms with Gasteiger partial charge in [-0.3, -0.25) is 4.40 Å². The van der Waals surface area contributed by atoms with Crippen LogP contribution in [0.2, 0.25) is 0 Å². The quantitative estimate of drug-likeness (QED) is 0.615. The van der Waals surface area contributed by atoms with Crippen LogP contribution >= 0.6 is 22.7 Å². The molecule has 0 atom stereocenters. The molecule has 1 N–H and O–H groups in total. The number of aromatic nitrogens is 3. The number of nitrogens with zero attached hydrogens (tertiary/aromatic N) is 3. The molecule has 0 amide bonds. The molecule has 3 aromatic heterocycles. The summed E-state index contributed by atoms with van der Waals surface area (Å²) in [6.07, 6.45) is 2.16. The van der Waals surface area contributed by atoms with Crippen molar-refractivity contribution in [3.8, 4) is 0 Å². The van der Waals surface area contributed by atoms with Crippen LogP contribution in [-0.4, -0.2) is 14.4 Å². The van der Waals surface area contributed by atoms with E-state index in [0.717, 1.165) is 28.4 Å².